The standard InChI is InChI=1S/C19H25N5O4/c1-26-12-17(25)21-16-5-4-13(11-20-16)18-22-19(28-23-18)15-3-2-8-24(15)14-6-9-27-10-7-14/h4-5,11,14-15H,2-3,6-10,12H2,1H3,(H,20,21,25)/t15-/m0/s1. The SMILES string of the molecule is COCC(=O)Nc1ccc(-c2noc([C@@H]3CCCN3C3CCOCC3)n2)cn1. The molecular weight excluding hydrogens is 362 g/mol. The molecule has 2 aromatic rings. The van der Waals surface area contributed by atoms with Gasteiger partial charge in [-0.25, -0.2) is 4.98 Å². The van der Waals surface area contributed by atoms with Crippen molar-refractivity contribution in [3.63, 3.8) is 0 Å². The summed E-state index contributed by atoms with van der Waals surface area (Å²) in [5, 5.41) is 6.80. The number of rotatable bonds is 6. The van der Waals surface area contributed by atoms with E-state index in [4.69, 9.17) is 14.0 Å². The first-order chi connectivity index (χ1) is 13.7. The fourth-order valence-electron chi connectivity index (χ4n) is 3.91. The first kappa shape index (κ1) is 19.0. The van der Waals surface area contributed by atoms with E-state index < -0.39 is 0 Å². The number of likely N-dealkylation sites (tertiary alicyclic amines) is 1. The number of ether oxygens (including phenoxy) is 2. The van der Waals surface area contributed by atoms with Gasteiger partial charge in [-0.15, -0.1) is 0 Å². The number of nitrogens with zero attached hydrogens (tertiary/aromatic N) is 4. The lowest BCUT2D eigenvalue weighted by Gasteiger charge is -2.33. The summed E-state index contributed by atoms with van der Waals surface area (Å²) in [6, 6.07) is 4.22. The number of hydrogen-bond donors (Lipinski definition) is 1. The topological polar surface area (TPSA) is 103 Å². The molecule has 2 aliphatic rings. The Labute approximate surface area is 163 Å². The highest BCUT2D eigenvalue weighted by atomic mass is 16.5. The Kier molecular flexibility index (Phi) is 5.94. The van der Waals surface area contributed by atoms with Crippen LogP contribution in [0.5, 0.6) is 0 Å². The van der Waals surface area contributed by atoms with Crippen molar-refractivity contribution in [2.24, 2.45) is 0 Å². The number of anilines is 1. The first-order valence-electron chi connectivity index (χ1n) is 9.67. The van der Waals surface area contributed by atoms with Crippen molar-refractivity contribution in [3.8, 4) is 11.4 Å². The average Bonchev–Trinajstić information content (AvgIpc) is 3.39. The summed E-state index contributed by atoms with van der Waals surface area (Å²) in [4.78, 5) is 22.9. The van der Waals surface area contributed by atoms with Crippen LogP contribution >= 0.6 is 0 Å². The van der Waals surface area contributed by atoms with Gasteiger partial charge >= 0.3 is 0 Å². The van der Waals surface area contributed by atoms with Gasteiger partial charge in [0.25, 0.3) is 5.91 Å². The molecule has 2 aliphatic heterocycles. The molecular formula is C19H25N5O4. The molecule has 0 aromatic carbocycles. The summed E-state index contributed by atoms with van der Waals surface area (Å²) in [6.07, 6.45) is 5.90. The normalized spacial score (nSPS) is 21.1. The van der Waals surface area contributed by atoms with E-state index in [9.17, 15) is 4.79 Å². The lowest BCUT2D eigenvalue weighted by molar-refractivity contribution is -0.119. The summed E-state index contributed by atoms with van der Waals surface area (Å²) in [5.41, 5.74) is 0.746. The van der Waals surface area contributed by atoms with Crippen LogP contribution in [0.4, 0.5) is 5.82 Å². The van der Waals surface area contributed by atoms with E-state index in [-0.39, 0.29) is 18.6 Å². The third-order valence-corrected chi connectivity index (χ3v) is 5.25. The van der Waals surface area contributed by atoms with Crippen LogP contribution in [0, 0.1) is 0 Å². The van der Waals surface area contributed by atoms with Crippen molar-refractivity contribution < 1.29 is 18.8 Å². The average molecular weight is 387 g/mol. The first-order valence-corrected chi connectivity index (χ1v) is 9.67. The number of pyridine rings is 1. The molecule has 0 unspecified atom stereocenters. The molecule has 2 saturated heterocycles. The van der Waals surface area contributed by atoms with E-state index in [2.05, 4.69) is 25.3 Å². The van der Waals surface area contributed by atoms with Gasteiger partial charge in [0.1, 0.15) is 12.4 Å². The zero-order valence-corrected chi connectivity index (χ0v) is 16.0. The molecule has 28 heavy (non-hydrogen) atoms. The van der Waals surface area contributed by atoms with Crippen molar-refractivity contribution in [3.05, 3.63) is 24.2 Å². The number of carbonyl (C=O) groups excluding carboxylic acids is 1. The van der Waals surface area contributed by atoms with Crippen molar-refractivity contribution in [2.45, 2.75) is 37.8 Å². The van der Waals surface area contributed by atoms with Crippen LogP contribution in [0.1, 0.15) is 37.6 Å². The Hall–Kier alpha value is -2.36. The molecule has 1 amide bonds. The minimum Gasteiger partial charge on any atom is -0.381 e. The van der Waals surface area contributed by atoms with E-state index in [0.717, 1.165) is 51.0 Å². The van der Waals surface area contributed by atoms with E-state index in [1.165, 1.54) is 7.11 Å². The zero-order valence-electron chi connectivity index (χ0n) is 16.0. The molecule has 4 rings (SSSR count). The number of carbonyl (C=O) groups is 1. The van der Waals surface area contributed by atoms with Crippen molar-refractivity contribution in [1.29, 1.82) is 0 Å². The third kappa shape index (κ3) is 4.21. The molecule has 2 fully saturated rings. The Morgan fingerprint density at radius 1 is 1.32 bits per heavy atom. The smallest absolute Gasteiger partial charge is 0.251 e. The minimum atomic E-state index is -0.251. The van der Waals surface area contributed by atoms with Gasteiger partial charge in [0.15, 0.2) is 0 Å². The highest BCUT2D eigenvalue weighted by molar-refractivity contribution is 5.90. The van der Waals surface area contributed by atoms with Gasteiger partial charge in [0.05, 0.1) is 6.04 Å². The maximum atomic E-state index is 11.6. The summed E-state index contributed by atoms with van der Waals surface area (Å²) < 4.78 is 15.9. The lowest BCUT2D eigenvalue weighted by Crippen LogP contribution is -2.39. The van der Waals surface area contributed by atoms with Gasteiger partial charge in [0, 0.05) is 38.1 Å². The van der Waals surface area contributed by atoms with Gasteiger partial charge < -0.3 is 19.3 Å². The van der Waals surface area contributed by atoms with E-state index in [0.29, 0.717) is 23.6 Å². The second kappa shape index (κ2) is 8.76. The van der Waals surface area contributed by atoms with Crippen LogP contribution in [0.2, 0.25) is 0 Å². The highest BCUT2D eigenvalue weighted by Gasteiger charge is 2.36. The molecule has 4 heterocycles. The Bertz CT molecular complexity index is 788. The molecule has 0 saturated carbocycles. The second-order valence-electron chi connectivity index (χ2n) is 7.11. The van der Waals surface area contributed by atoms with Crippen LogP contribution in [0.25, 0.3) is 11.4 Å². The predicted octanol–water partition coefficient (Wildman–Crippen LogP) is 2.03. The van der Waals surface area contributed by atoms with Crippen LogP contribution in [-0.4, -0.2) is 65.4 Å². The third-order valence-electron chi connectivity index (χ3n) is 5.25. The van der Waals surface area contributed by atoms with Crippen LogP contribution in [-0.2, 0) is 14.3 Å². The molecule has 0 radical (unpaired) electrons. The number of amides is 1. The quantitative estimate of drug-likeness (QED) is 0.803. The molecule has 9 nitrogen and oxygen atoms in total. The van der Waals surface area contributed by atoms with Crippen molar-refractivity contribution in [2.75, 3.05) is 38.8 Å². The van der Waals surface area contributed by atoms with E-state index in [1.807, 2.05) is 6.07 Å². The largest absolute Gasteiger partial charge is 0.381 e. The maximum absolute atomic E-state index is 11.6. The highest BCUT2D eigenvalue weighted by Crippen LogP contribution is 2.35. The number of aromatic nitrogens is 3. The summed E-state index contributed by atoms with van der Waals surface area (Å²) >= 11 is 0. The fraction of sp³-hybridized carbons (Fsp3) is 0.579. The molecule has 1 atom stereocenters. The molecule has 0 bridgehead atoms. The summed E-state index contributed by atoms with van der Waals surface area (Å²) in [7, 11) is 1.47. The number of hydrogen-bond acceptors (Lipinski definition) is 8. The number of methoxy groups -OCH3 is 1. The summed E-state index contributed by atoms with van der Waals surface area (Å²) in [6.45, 7) is 2.69. The molecule has 0 spiro atoms. The molecule has 9 heteroatoms. The maximum Gasteiger partial charge on any atom is 0.251 e. The van der Waals surface area contributed by atoms with E-state index in [1.54, 1.807) is 12.3 Å². The Morgan fingerprint density at radius 3 is 2.93 bits per heavy atom. The van der Waals surface area contributed by atoms with Crippen LogP contribution in [0.15, 0.2) is 22.9 Å². The molecule has 1 N–H and O–H groups in total. The van der Waals surface area contributed by atoms with Gasteiger partial charge in [-0.2, -0.15) is 4.98 Å². The Balaban J connectivity index is 1.44. The van der Waals surface area contributed by atoms with Crippen LogP contribution < -0.4 is 5.32 Å². The Morgan fingerprint density at radius 2 is 2.18 bits per heavy atom. The van der Waals surface area contributed by atoms with Crippen LogP contribution in [0.3, 0.4) is 0 Å². The van der Waals surface area contributed by atoms with Gasteiger partial charge in [-0.05, 0) is 44.4 Å². The van der Waals surface area contributed by atoms with Gasteiger partial charge in [-0.3, -0.25) is 9.69 Å². The van der Waals surface area contributed by atoms with Crippen molar-refractivity contribution in [1.82, 2.24) is 20.0 Å². The summed E-state index contributed by atoms with van der Waals surface area (Å²) in [5.74, 6) is 1.38. The lowest BCUT2D eigenvalue weighted by atomic mass is 10.1. The molecule has 0 aliphatic carbocycles. The van der Waals surface area contributed by atoms with Gasteiger partial charge in [0.2, 0.25) is 11.7 Å². The predicted molar refractivity (Wildman–Crippen MR) is 101 cm³/mol. The second-order valence-corrected chi connectivity index (χ2v) is 7.11. The van der Waals surface area contributed by atoms with E-state index >= 15 is 0 Å². The zero-order chi connectivity index (χ0) is 19.3. The monoisotopic (exact) mass is 387 g/mol. The van der Waals surface area contributed by atoms with Gasteiger partial charge in [-0.1, -0.05) is 5.16 Å². The molecule has 2 aromatic heterocycles. The fourth-order valence-corrected chi connectivity index (χ4v) is 3.91. The number of nitrogens with one attached hydrogen (secondary N) is 1. The molecule has 150 valence electrons. The van der Waals surface area contributed by atoms with Crippen molar-refractivity contribution >= 4 is 11.7 Å². The minimum absolute atomic E-state index is 0.0113.